The Balaban J connectivity index is 1.97. The summed E-state index contributed by atoms with van der Waals surface area (Å²) in [4.78, 5) is 41.6. The van der Waals surface area contributed by atoms with E-state index in [2.05, 4.69) is 9.99 Å². The zero-order chi connectivity index (χ0) is 23.7. The van der Waals surface area contributed by atoms with Gasteiger partial charge in [0.1, 0.15) is 12.3 Å². The number of nitrogens with zero attached hydrogens (tertiary/aromatic N) is 1. The number of ketones is 1. The average Bonchev–Trinajstić information content (AvgIpc) is 2.81. The summed E-state index contributed by atoms with van der Waals surface area (Å²) in [7, 11) is 0. The Morgan fingerprint density at radius 3 is 2.00 bits per heavy atom. The van der Waals surface area contributed by atoms with Crippen LogP contribution in [0.4, 0.5) is 0 Å². The summed E-state index contributed by atoms with van der Waals surface area (Å²) in [6, 6.07) is 13.8. The van der Waals surface area contributed by atoms with Gasteiger partial charge in [-0.2, -0.15) is 0 Å². The molecule has 3 N–H and O–H groups in total. The fourth-order valence-electron chi connectivity index (χ4n) is 2.40. The maximum absolute atomic E-state index is 12.3. The molecule has 1 unspecified atom stereocenters. The first kappa shape index (κ1) is 25.3. The van der Waals surface area contributed by atoms with Crippen LogP contribution in [-0.2, 0) is 14.4 Å². The molecule has 1 atom stereocenters. The highest BCUT2D eigenvalue weighted by Crippen LogP contribution is 2.28. The van der Waals surface area contributed by atoms with Crippen LogP contribution in [-0.4, -0.2) is 47.3 Å². The van der Waals surface area contributed by atoms with Crippen molar-refractivity contribution in [1.29, 1.82) is 0 Å². The fourth-order valence-corrected chi connectivity index (χ4v) is 3.22. The van der Waals surface area contributed by atoms with Crippen LogP contribution < -0.4 is 5.73 Å². The summed E-state index contributed by atoms with van der Waals surface area (Å²) in [5.74, 6) is -1.44. The van der Waals surface area contributed by atoms with Gasteiger partial charge in [0.15, 0.2) is 0 Å². The normalized spacial score (nSPS) is 13.2. The summed E-state index contributed by atoms with van der Waals surface area (Å²) in [5.41, 5.74) is 5.87. The molecule has 0 saturated carbocycles. The number of Topliss-reactive ketones (excluding diaryl/α,β-unsaturated/α-hetero) is 1. The van der Waals surface area contributed by atoms with Gasteiger partial charge in [-0.25, -0.2) is 9.59 Å². The van der Waals surface area contributed by atoms with Crippen LogP contribution in [0.3, 0.4) is 0 Å². The Hall–Kier alpha value is -3.01. The molecule has 2 aromatic rings. The molecular weight excluding hydrogens is 432 g/mol. The predicted octanol–water partition coefficient (Wildman–Crippen LogP) is 3.22. The number of aliphatic hydroxyl groups is 1. The number of carbonyl (C=O) groups excluding carboxylic acids is 3. The Morgan fingerprint density at radius 1 is 1.00 bits per heavy atom. The third-order valence-corrected chi connectivity index (χ3v) is 5.61. The molecule has 0 fully saturated rings. The minimum Gasteiger partial charge on any atom is -0.460 e. The van der Waals surface area contributed by atoms with Crippen molar-refractivity contribution in [2.24, 2.45) is 10.9 Å². The lowest BCUT2D eigenvalue weighted by atomic mass is 10.0. The van der Waals surface area contributed by atoms with Crippen molar-refractivity contribution in [2.75, 3.05) is 13.2 Å². The van der Waals surface area contributed by atoms with Crippen LogP contribution in [0, 0.1) is 0 Å². The lowest BCUT2D eigenvalue weighted by Crippen LogP contribution is -2.48. The van der Waals surface area contributed by atoms with Crippen LogP contribution in [0.2, 0.25) is 0 Å². The van der Waals surface area contributed by atoms with Crippen molar-refractivity contribution in [3.8, 4) is 0 Å². The lowest BCUT2D eigenvalue weighted by Gasteiger charge is -2.24. The first-order chi connectivity index (χ1) is 15.2. The van der Waals surface area contributed by atoms with Gasteiger partial charge in [-0.3, -0.25) is 4.79 Å². The fraction of sp³-hybridized carbons (Fsp3) is 0.304. The molecule has 0 amide bonds. The van der Waals surface area contributed by atoms with Gasteiger partial charge in [0.05, 0.1) is 17.7 Å². The zero-order valence-corrected chi connectivity index (χ0v) is 19.0. The van der Waals surface area contributed by atoms with E-state index in [1.165, 1.54) is 25.6 Å². The van der Waals surface area contributed by atoms with E-state index in [1.54, 1.807) is 48.5 Å². The van der Waals surface area contributed by atoms with Gasteiger partial charge in [0, 0.05) is 22.3 Å². The summed E-state index contributed by atoms with van der Waals surface area (Å²) in [6.07, 6.45) is 0.481. The van der Waals surface area contributed by atoms with E-state index in [4.69, 9.17) is 10.5 Å². The lowest BCUT2D eigenvalue weighted by molar-refractivity contribution is -0.140. The highest BCUT2D eigenvalue weighted by atomic mass is 32.2. The number of nitrogens with two attached hydrogens (primary N) is 1. The van der Waals surface area contributed by atoms with Crippen LogP contribution in [0.15, 0.2) is 63.5 Å². The zero-order valence-electron chi connectivity index (χ0n) is 18.2. The van der Waals surface area contributed by atoms with Crippen molar-refractivity contribution in [2.45, 2.75) is 42.5 Å². The molecule has 9 heteroatoms. The molecule has 0 aliphatic heterocycles. The van der Waals surface area contributed by atoms with E-state index in [1.807, 2.05) is 6.92 Å². The van der Waals surface area contributed by atoms with Crippen LogP contribution in [0.5, 0.6) is 0 Å². The largest absolute Gasteiger partial charge is 0.460 e. The molecule has 0 aromatic heterocycles. The van der Waals surface area contributed by atoms with Gasteiger partial charge in [-0.05, 0) is 61.9 Å². The Bertz CT molecular complexity index is 983. The number of hydrogen-bond donors (Lipinski definition) is 2. The molecule has 170 valence electrons. The molecule has 0 radical (unpaired) electrons. The number of rotatable bonds is 10. The SMILES string of the molecule is CCC(N)(CO)COC(=O)c1ccc(Sc2ccc(C(=O)/C(C)=N/OC(C)=O)cc2)cc1. The van der Waals surface area contributed by atoms with E-state index in [-0.39, 0.29) is 24.7 Å². The molecule has 0 aliphatic carbocycles. The molecule has 0 aliphatic rings. The molecule has 32 heavy (non-hydrogen) atoms. The predicted molar refractivity (Wildman–Crippen MR) is 121 cm³/mol. The van der Waals surface area contributed by atoms with Gasteiger partial charge in [-0.15, -0.1) is 0 Å². The second kappa shape index (κ2) is 11.6. The highest BCUT2D eigenvalue weighted by Gasteiger charge is 2.24. The van der Waals surface area contributed by atoms with Gasteiger partial charge >= 0.3 is 11.9 Å². The molecular formula is C23H26N2O6S. The van der Waals surface area contributed by atoms with Crippen LogP contribution >= 0.6 is 11.8 Å². The van der Waals surface area contributed by atoms with E-state index < -0.39 is 17.5 Å². The Labute approximate surface area is 190 Å². The Morgan fingerprint density at radius 2 is 1.53 bits per heavy atom. The monoisotopic (exact) mass is 458 g/mol. The third-order valence-electron chi connectivity index (χ3n) is 4.59. The van der Waals surface area contributed by atoms with Crippen LogP contribution in [0.25, 0.3) is 0 Å². The van der Waals surface area contributed by atoms with Gasteiger partial charge in [0.2, 0.25) is 5.78 Å². The minimum absolute atomic E-state index is 0.0640. The number of aliphatic hydroxyl groups excluding tert-OH is 1. The quantitative estimate of drug-likeness (QED) is 0.183. The number of esters is 1. The molecule has 0 saturated heterocycles. The van der Waals surface area contributed by atoms with Crippen molar-refractivity contribution in [1.82, 2.24) is 0 Å². The van der Waals surface area contributed by atoms with E-state index in [0.717, 1.165) is 9.79 Å². The smallest absolute Gasteiger partial charge is 0.338 e. The maximum atomic E-state index is 12.3. The first-order valence-electron chi connectivity index (χ1n) is 9.89. The van der Waals surface area contributed by atoms with Gasteiger partial charge in [-0.1, -0.05) is 23.8 Å². The van der Waals surface area contributed by atoms with E-state index >= 15 is 0 Å². The average molecular weight is 459 g/mol. The Kier molecular flexibility index (Phi) is 9.13. The molecule has 2 aromatic carbocycles. The summed E-state index contributed by atoms with van der Waals surface area (Å²) in [5, 5.41) is 12.8. The summed E-state index contributed by atoms with van der Waals surface area (Å²) >= 11 is 1.46. The number of hydrogen-bond acceptors (Lipinski definition) is 9. The van der Waals surface area contributed by atoms with Crippen molar-refractivity contribution in [3.05, 3.63) is 59.7 Å². The third kappa shape index (κ3) is 7.30. The van der Waals surface area contributed by atoms with E-state index in [0.29, 0.717) is 17.5 Å². The molecule has 0 bridgehead atoms. The highest BCUT2D eigenvalue weighted by molar-refractivity contribution is 7.99. The second-order valence-corrected chi connectivity index (χ2v) is 8.34. The number of oxime groups is 1. The molecule has 0 spiro atoms. The standard InChI is InChI=1S/C23H26N2O6S/c1-4-23(24,13-26)14-30-22(29)18-7-11-20(12-8-18)32-19-9-5-17(6-10-19)21(28)15(2)25-31-16(3)27/h5-12,26H,4,13-14,24H2,1-3H3/b25-15+. The summed E-state index contributed by atoms with van der Waals surface area (Å²) < 4.78 is 5.22. The first-order valence-corrected chi connectivity index (χ1v) is 10.7. The maximum Gasteiger partial charge on any atom is 0.338 e. The number of ether oxygens (including phenoxy) is 1. The van der Waals surface area contributed by atoms with Crippen molar-refractivity contribution < 1.29 is 29.1 Å². The second-order valence-electron chi connectivity index (χ2n) is 7.19. The number of carbonyl (C=O) groups is 3. The van der Waals surface area contributed by atoms with Gasteiger partial charge in [0.25, 0.3) is 0 Å². The minimum atomic E-state index is -0.941. The molecule has 0 heterocycles. The van der Waals surface area contributed by atoms with Gasteiger partial charge < -0.3 is 20.4 Å². The van der Waals surface area contributed by atoms with Crippen molar-refractivity contribution in [3.63, 3.8) is 0 Å². The summed E-state index contributed by atoms with van der Waals surface area (Å²) in [6.45, 7) is 4.16. The van der Waals surface area contributed by atoms with Crippen LogP contribution in [0.1, 0.15) is 47.9 Å². The molecule has 2 rings (SSSR count). The number of benzene rings is 2. The topological polar surface area (TPSA) is 128 Å². The van der Waals surface area contributed by atoms with Crippen molar-refractivity contribution >= 4 is 35.2 Å². The van der Waals surface area contributed by atoms with E-state index in [9.17, 15) is 19.5 Å². The molecule has 8 nitrogen and oxygen atoms in total.